The number of hydrogen-bond donors (Lipinski definition) is 0. The molecule has 0 radical (unpaired) electrons. The summed E-state index contributed by atoms with van der Waals surface area (Å²) in [5.74, 6) is 1.17. The SMILES string of the molecule is CC(c1nc(-c2ccc(-c3ccccn3)cn2)no1)N1CCCC1(C)C. The number of rotatable bonds is 4. The molecule has 3 aromatic rings. The van der Waals surface area contributed by atoms with Crippen LogP contribution in [0, 0.1) is 0 Å². The van der Waals surface area contributed by atoms with Crippen LogP contribution in [0.4, 0.5) is 0 Å². The number of likely N-dealkylation sites (tertiary alicyclic amines) is 1. The van der Waals surface area contributed by atoms with Crippen molar-refractivity contribution >= 4 is 0 Å². The van der Waals surface area contributed by atoms with Gasteiger partial charge in [-0.25, -0.2) is 0 Å². The Morgan fingerprint density at radius 2 is 2.00 bits per heavy atom. The van der Waals surface area contributed by atoms with Gasteiger partial charge in [0.05, 0.1) is 11.7 Å². The van der Waals surface area contributed by atoms with Crippen LogP contribution in [0.5, 0.6) is 0 Å². The second kappa shape index (κ2) is 6.61. The smallest absolute Gasteiger partial charge is 0.244 e. The molecule has 1 fully saturated rings. The first-order valence-corrected chi connectivity index (χ1v) is 9.03. The highest BCUT2D eigenvalue weighted by Gasteiger charge is 2.37. The maximum absolute atomic E-state index is 5.55. The van der Waals surface area contributed by atoms with Gasteiger partial charge in [0.2, 0.25) is 11.7 Å². The van der Waals surface area contributed by atoms with Gasteiger partial charge in [-0.3, -0.25) is 14.9 Å². The highest BCUT2D eigenvalue weighted by atomic mass is 16.5. The van der Waals surface area contributed by atoms with Gasteiger partial charge in [0.1, 0.15) is 5.69 Å². The third-order valence-corrected chi connectivity index (χ3v) is 5.18. The molecule has 134 valence electrons. The Morgan fingerprint density at radius 3 is 2.65 bits per heavy atom. The zero-order valence-electron chi connectivity index (χ0n) is 15.4. The minimum absolute atomic E-state index is 0.0986. The summed E-state index contributed by atoms with van der Waals surface area (Å²) >= 11 is 0. The molecule has 1 aliphatic rings. The summed E-state index contributed by atoms with van der Waals surface area (Å²) in [7, 11) is 0. The quantitative estimate of drug-likeness (QED) is 0.705. The summed E-state index contributed by atoms with van der Waals surface area (Å²) in [6.45, 7) is 7.72. The molecule has 6 heteroatoms. The standard InChI is InChI=1S/C20H23N5O/c1-14(25-12-6-10-20(25,2)3)19-23-18(24-26-19)17-9-8-15(13-22-17)16-7-4-5-11-21-16/h4-5,7-9,11,13-14H,6,10,12H2,1-3H3. The Balaban J connectivity index is 1.55. The van der Waals surface area contributed by atoms with Crippen molar-refractivity contribution in [3.8, 4) is 22.8 Å². The third-order valence-electron chi connectivity index (χ3n) is 5.18. The molecular weight excluding hydrogens is 326 g/mol. The molecule has 1 unspecified atom stereocenters. The lowest BCUT2D eigenvalue weighted by Crippen LogP contribution is -2.39. The maximum atomic E-state index is 5.55. The van der Waals surface area contributed by atoms with E-state index in [-0.39, 0.29) is 11.6 Å². The molecular formula is C20H23N5O. The van der Waals surface area contributed by atoms with Crippen molar-refractivity contribution in [3.05, 3.63) is 48.6 Å². The monoisotopic (exact) mass is 349 g/mol. The molecule has 26 heavy (non-hydrogen) atoms. The van der Waals surface area contributed by atoms with Crippen molar-refractivity contribution in [2.45, 2.75) is 45.2 Å². The molecule has 1 saturated heterocycles. The largest absolute Gasteiger partial charge is 0.337 e. The van der Waals surface area contributed by atoms with E-state index in [0.29, 0.717) is 17.4 Å². The first kappa shape index (κ1) is 16.8. The molecule has 6 nitrogen and oxygen atoms in total. The van der Waals surface area contributed by atoms with Crippen LogP contribution in [0.2, 0.25) is 0 Å². The van der Waals surface area contributed by atoms with E-state index >= 15 is 0 Å². The van der Waals surface area contributed by atoms with Gasteiger partial charge in [0, 0.05) is 23.5 Å². The van der Waals surface area contributed by atoms with Crippen molar-refractivity contribution in [1.29, 1.82) is 0 Å². The van der Waals surface area contributed by atoms with E-state index in [9.17, 15) is 0 Å². The fraction of sp³-hybridized carbons (Fsp3) is 0.400. The van der Waals surface area contributed by atoms with Crippen LogP contribution >= 0.6 is 0 Å². The van der Waals surface area contributed by atoms with E-state index in [2.05, 4.69) is 45.8 Å². The molecule has 1 aliphatic heterocycles. The summed E-state index contributed by atoms with van der Waals surface area (Å²) in [4.78, 5) is 15.9. The Kier molecular flexibility index (Phi) is 4.28. The molecule has 1 atom stereocenters. The van der Waals surface area contributed by atoms with Gasteiger partial charge >= 0.3 is 0 Å². The summed E-state index contributed by atoms with van der Waals surface area (Å²) in [6.07, 6.45) is 5.96. The van der Waals surface area contributed by atoms with E-state index in [4.69, 9.17) is 4.52 Å². The predicted molar refractivity (Wildman–Crippen MR) is 99.2 cm³/mol. The van der Waals surface area contributed by atoms with Crippen molar-refractivity contribution in [3.63, 3.8) is 0 Å². The Labute approximate surface area is 153 Å². The summed E-state index contributed by atoms with van der Waals surface area (Å²) in [5, 5.41) is 4.14. The second-order valence-corrected chi connectivity index (χ2v) is 7.39. The molecule has 4 heterocycles. The fourth-order valence-electron chi connectivity index (χ4n) is 3.70. The molecule has 0 saturated carbocycles. The van der Waals surface area contributed by atoms with Crippen LogP contribution in [-0.2, 0) is 0 Å². The number of nitrogens with zero attached hydrogens (tertiary/aromatic N) is 5. The molecule has 0 spiro atoms. The zero-order chi connectivity index (χ0) is 18.1. The third kappa shape index (κ3) is 3.12. The maximum Gasteiger partial charge on any atom is 0.244 e. The molecule has 0 aromatic carbocycles. The minimum atomic E-state index is 0.0986. The Morgan fingerprint density at radius 1 is 1.12 bits per heavy atom. The van der Waals surface area contributed by atoms with E-state index < -0.39 is 0 Å². The lowest BCUT2D eigenvalue weighted by atomic mass is 10.0. The van der Waals surface area contributed by atoms with E-state index in [0.717, 1.165) is 17.8 Å². The first-order valence-electron chi connectivity index (χ1n) is 9.03. The van der Waals surface area contributed by atoms with Gasteiger partial charge < -0.3 is 4.52 Å². The molecule has 3 aromatic heterocycles. The topological polar surface area (TPSA) is 67.9 Å². The molecule has 0 aliphatic carbocycles. The van der Waals surface area contributed by atoms with Gasteiger partial charge in [0.15, 0.2) is 0 Å². The lowest BCUT2D eigenvalue weighted by Gasteiger charge is -2.34. The number of pyridine rings is 2. The molecule has 0 amide bonds. The second-order valence-electron chi connectivity index (χ2n) is 7.39. The lowest BCUT2D eigenvalue weighted by molar-refractivity contribution is 0.103. The van der Waals surface area contributed by atoms with Gasteiger partial charge in [-0.1, -0.05) is 11.2 Å². The van der Waals surface area contributed by atoms with E-state index in [1.54, 1.807) is 12.4 Å². The van der Waals surface area contributed by atoms with Crippen LogP contribution in [0.25, 0.3) is 22.8 Å². The zero-order valence-corrected chi connectivity index (χ0v) is 15.4. The summed E-state index contributed by atoms with van der Waals surface area (Å²) in [5.41, 5.74) is 2.72. The normalized spacial score (nSPS) is 18.1. The average Bonchev–Trinajstić information content (AvgIpc) is 3.28. The van der Waals surface area contributed by atoms with E-state index in [1.807, 2.05) is 30.3 Å². The average molecular weight is 349 g/mol. The van der Waals surface area contributed by atoms with Crippen molar-refractivity contribution in [1.82, 2.24) is 25.0 Å². The van der Waals surface area contributed by atoms with Crippen molar-refractivity contribution in [2.24, 2.45) is 0 Å². The fourth-order valence-corrected chi connectivity index (χ4v) is 3.70. The van der Waals surface area contributed by atoms with Crippen LogP contribution in [0.3, 0.4) is 0 Å². The molecule has 0 bridgehead atoms. The van der Waals surface area contributed by atoms with Gasteiger partial charge in [0.25, 0.3) is 0 Å². The van der Waals surface area contributed by atoms with Crippen LogP contribution < -0.4 is 0 Å². The van der Waals surface area contributed by atoms with Crippen LogP contribution in [0.1, 0.15) is 45.5 Å². The van der Waals surface area contributed by atoms with Gasteiger partial charge in [-0.05, 0) is 64.4 Å². The first-order chi connectivity index (χ1) is 12.5. The van der Waals surface area contributed by atoms with Gasteiger partial charge in [-0.15, -0.1) is 0 Å². The number of aromatic nitrogens is 4. The Hall–Kier alpha value is -2.60. The van der Waals surface area contributed by atoms with Crippen LogP contribution in [-0.4, -0.2) is 37.1 Å². The summed E-state index contributed by atoms with van der Waals surface area (Å²) < 4.78 is 5.55. The highest BCUT2D eigenvalue weighted by molar-refractivity contribution is 5.60. The summed E-state index contributed by atoms with van der Waals surface area (Å²) in [6, 6.07) is 9.80. The highest BCUT2D eigenvalue weighted by Crippen LogP contribution is 2.36. The van der Waals surface area contributed by atoms with Crippen molar-refractivity contribution < 1.29 is 4.52 Å². The van der Waals surface area contributed by atoms with Crippen molar-refractivity contribution in [2.75, 3.05) is 6.54 Å². The van der Waals surface area contributed by atoms with Gasteiger partial charge in [-0.2, -0.15) is 4.98 Å². The molecule has 4 rings (SSSR count). The van der Waals surface area contributed by atoms with Crippen LogP contribution in [0.15, 0.2) is 47.2 Å². The predicted octanol–water partition coefficient (Wildman–Crippen LogP) is 4.13. The minimum Gasteiger partial charge on any atom is -0.337 e. The van der Waals surface area contributed by atoms with E-state index in [1.165, 1.54) is 12.8 Å². The Bertz CT molecular complexity index is 873. The molecule has 0 N–H and O–H groups in total. The number of hydrogen-bond acceptors (Lipinski definition) is 6.